The summed E-state index contributed by atoms with van der Waals surface area (Å²) in [6.07, 6.45) is 5.16. The molecule has 3 aromatic rings. The van der Waals surface area contributed by atoms with Gasteiger partial charge >= 0.3 is 0 Å². The van der Waals surface area contributed by atoms with Gasteiger partial charge < -0.3 is 4.57 Å². The second kappa shape index (κ2) is 4.62. The standard InChI is InChI=1S/C12H13ClN6/c1-8(13)12-16-9-5-14-4-3-10(9)19(12)6-11-15-7-18(2)17-11/h3-5,7-8H,6H2,1-2H3. The molecule has 0 radical (unpaired) electrons. The van der Waals surface area contributed by atoms with Gasteiger partial charge in [0.05, 0.1) is 23.6 Å². The van der Waals surface area contributed by atoms with Crippen LogP contribution in [0.2, 0.25) is 0 Å². The Balaban J connectivity index is 2.12. The van der Waals surface area contributed by atoms with E-state index in [1.807, 2.05) is 24.6 Å². The SMILES string of the molecule is CC(Cl)c1nc2cnccc2n1Cc1ncn(C)n1. The Morgan fingerprint density at radius 2 is 2.26 bits per heavy atom. The third kappa shape index (κ3) is 2.19. The smallest absolute Gasteiger partial charge is 0.170 e. The van der Waals surface area contributed by atoms with Crippen LogP contribution in [0, 0.1) is 0 Å². The van der Waals surface area contributed by atoms with Crippen molar-refractivity contribution in [3.63, 3.8) is 0 Å². The monoisotopic (exact) mass is 276 g/mol. The molecule has 0 spiro atoms. The van der Waals surface area contributed by atoms with E-state index in [2.05, 4.69) is 20.1 Å². The van der Waals surface area contributed by atoms with Crippen molar-refractivity contribution in [3.8, 4) is 0 Å². The zero-order valence-corrected chi connectivity index (χ0v) is 11.4. The van der Waals surface area contributed by atoms with Crippen LogP contribution in [-0.4, -0.2) is 29.3 Å². The summed E-state index contributed by atoms with van der Waals surface area (Å²) >= 11 is 6.20. The predicted octanol–water partition coefficient (Wildman–Crippen LogP) is 1.91. The van der Waals surface area contributed by atoms with E-state index in [9.17, 15) is 0 Å². The van der Waals surface area contributed by atoms with E-state index in [0.717, 1.165) is 22.7 Å². The maximum atomic E-state index is 6.20. The van der Waals surface area contributed by atoms with Crippen LogP contribution in [0.1, 0.15) is 23.9 Å². The van der Waals surface area contributed by atoms with Crippen molar-refractivity contribution >= 4 is 22.6 Å². The van der Waals surface area contributed by atoms with Gasteiger partial charge in [-0.15, -0.1) is 11.6 Å². The minimum atomic E-state index is -0.184. The fourth-order valence-corrected chi connectivity index (χ4v) is 2.23. The van der Waals surface area contributed by atoms with Crippen LogP contribution in [0.4, 0.5) is 0 Å². The first kappa shape index (κ1) is 12.1. The molecular formula is C12H13ClN6. The molecule has 1 atom stereocenters. The first-order chi connectivity index (χ1) is 9.15. The van der Waals surface area contributed by atoms with Gasteiger partial charge in [-0.25, -0.2) is 9.97 Å². The van der Waals surface area contributed by atoms with Gasteiger partial charge in [-0.1, -0.05) is 0 Å². The summed E-state index contributed by atoms with van der Waals surface area (Å²) in [5.74, 6) is 1.54. The summed E-state index contributed by atoms with van der Waals surface area (Å²) < 4.78 is 3.71. The first-order valence-electron chi connectivity index (χ1n) is 5.94. The normalized spacial score (nSPS) is 13.0. The molecule has 0 bridgehead atoms. The van der Waals surface area contributed by atoms with E-state index in [-0.39, 0.29) is 5.38 Å². The number of imidazole rings is 1. The Morgan fingerprint density at radius 1 is 1.42 bits per heavy atom. The van der Waals surface area contributed by atoms with Gasteiger partial charge in [-0.3, -0.25) is 9.67 Å². The fourth-order valence-electron chi connectivity index (χ4n) is 2.07. The van der Waals surface area contributed by atoms with Crippen LogP contribution in [0.5, 0.6) is 0 Å². The van der Waals surface area contributed by atoms with Crippen molar-refractivity contribution in [1.29, 1.82) is 0 Å². The maximum Gasteiger partial charge on any atom is 0.170 e. The Labute approximate surface area is 115 Å². The van der Waals surface area contributed by atoms with Crippen LogP contribution in [-0.2, 0) is 13.6 Å². The largest absolute Gasteiger partial charge is 0.319 e. The molecule has 3 aromatic heterocycles. The third-order valence-electron chi connectivity index (χ3n) is 2.88. The molecular weight excluding hydrogens is 264 g/mol. The molecule has 6 nitrogen and oxygen atoms in total. The second-order valence-corrected chi connectivity index (χ2v) is 5.03. The van der Waals surface area contributed by atoms with E-state index in [1.54, 1.807) is 23.4 Å². The summed E-state index contributed by atoms with van der Waals surface area (Å²) in [4.78, 5) is 12.8. The lowest BCUT2D eigenvalue weighted by atomic mass is 10.4. The van der Waals surface area contributed by atoms with Gasteiger partial charge in [0.1, 0.15) is 17.7 Å². The van der Waals surface area contributed by atoms with Crippen LogP contribution < -0.4 is 0 Å². The van der Waals surface area contributed by atoms with Crippen molar-refractivity contribution < 1.29 is 0 Å². The molecule has 0 amide bonds. The number of fused-ring (bicyclic) bond motifs is 1. The van der Waals surface area contributed by atoms with Gasteiger partial charge in [-0.2, -0.15) is 5.10 Å². The van der Waals surface area contributed by atoms with Gasteiger partial charge in [-0.05, 0) is 13.0 Å². The van der Waals surface area contributed by atoms with Crippen molar-refractivity contribution in [2.45, 2.75) is 18.8 Å². The summed E-state index contributed by atoms with van der Waals surface area (Å²) in [6, 6.07) is 1.92. The molecule has 0 saturated heterocycles. The number of hydrogen-bond acceptors (Lipinski definition) is 4. The molecule has 7 heteroatoms. The Bertz CT molecular complexity index is 714. The number of hydrogen-bond donors (Lipinski definition) is 0. The molecule has 0 aromatic carbocycles. The van der Waals surface area contributed by atoms with Crippen LogP contribution in [0.25, 0.3) is 11.0 Å². The highest BCUT2D eigenvalue weighted by Gasteiger charge is 2.16. The number of rotatable bonds is 3. The quantitative estimate of drug-likeness (QED) is 0.686. The molecule has 0 aliphatic heterocycles. The summed E-state index contributed by atoms with van der Waals surface area (Å²) in [5.41, 5.74) is 1.82. The molecule has 98 valence electrons. The summed E-state index contributed by atoms with van der Waals surface area (Å²) in [5, 5.41) is 4.11. The lowest BCUT2D eigenvalue weighted by molar-refractivity contribution is 0.684. The summed E-state index contributed by atoms with van der Waals surface area (Å²) in [7, 11) is 1.84. The molecule has 19 heavy (non-hydrogen) atoms. The van der Waals surface area contributed by atoms with Gasteiger partial charge in [0.2, 0.25) is 0 Å². The molecule has 0 fully saturated rings. The lowest BCUT2D eigenvalue weighted by Crippen LogP contribution is -2.07. The van der Waals surface area contributed by atoms with Gasteiger partial charge in [0, 0.05) is 13.2 Å². The second-order valence-electron chi connectivity index (χ2n) is 4.37. The minimum Gasteiger partial charge on any atom is -0.319 e. The zero-order valence-electron chi connectivity index (χ0n) is 10.7. The van der Waals surface area contributed by atoms with Crippen molar-refractivity contribution in [2.75, 3.05) is 0 Å². The minimum absolute atomic E-state index is 0.184. The van der Waals surface area contributed by atoms with E-state index in [4.69, 9.17) is 11.6 Å². The highest BCUT2D eigenvalue weighted by Crippen LogP contribution is 2.24. The number of pyridine rings is 1. The van der Waals surface area contributed by atoms with Crippen LogP contribution in [0.3, 0.4) is 0 Å². The maximum absolute atomic E-state index is 6.20. The van der Waals surface area contributed by atoms with Gasteiger partial charge in [0.15, 0.2) is 5.82 Å². The Hall–Kier alpha value is -1.95. The van der Waals surface area contributed by atoms with Crippen LogP contribution >= 0.6 is 11.6 Å². The molecule has 0 saturated carbocycles. The van der Waals surface area contributed by atoms with E-state index in [0.29, 0.717) is 6.54 Å². The summed E-state index contributed by atoms with van der Waals surface area (Å²) in [6.45, 7) is 2.45. The molecule has 0 aliphatic rings. The number of nitrogens with zero attached hydrogens (tertiary/aromatic N) is 6. The van der Waals surface area contributed by atoms with E-state index in [1.165, 1.54) is 0 Å². The Kier molecular flexibility index (Phi) is 2.94. The van der Waals surface area contributed by atoms with Crippen molar-refractivity contribution in [3.05, 3.63) is 36.4 Å². The number of halogens is 1. The molecule has 0 N–H and O–H groups in total. The Morgan fingerprint density at radius 3 is 2.95 bits per heavy atom. The molecule has 0 aliphatic carbocycles. The zero-order chi connectivity index (χ0) is 13.4. The highest BCUT2D eigenvalue weighted by atomic mass is 35.5. The fraction of sp³-hybridized carbons (Fsp3) is 0.333. The van der Waals surface area contributed by atoms with Crippen molar-refractivity contribution in [2.24, 2.45) is 7.05 Å². The van der Waals surface area contributed by atoms with E-state index < -0.39 is 0 Å². The average molecular weight is 277 g/mol. The number of aromatic nitrogens is 6. The average Bonchev–Trinajstić information content (AvgIpc) is 2.95. The molecule has 3 rings (SSSR count). The molecule has 3 heterocycles. The van der Waals surface area contributed by atoms with E-state index >= 15 is 0 Å². The van der Waals surface area contributed by atoms with Crippen LogP contribution in [0.15, 0.2) is 24.8 Å². The lowest BCUT2D eigenvalue weighted by Gasteiger charge is -2.08. The third-order valence-corrected chi connectivity index (χ3v) is 3.08. The number of aryl methyl sites for hydroxylation is 1. The predicted molar refractivity (Wildman–Crippen MR) is 71.9 cm³/mol. The van der Waals surface area contributed by atoms with Crippen molar-refractivity contribution in [1.82, 2.24) is 29.3 Å². The first-order valence-corrected chi connectivity index (χ1v) is 6.37. The topological polar surface area (TPSA) is 61.4 Å². The highest BCUT2D eigenvalue weighted by molar-refractivity contribution is 6.20. The van der Waals surface area contributed by atoms with Gasteiger partial charge in [0.25, 0.3) is 0 Å². The molecule has 1 unspecified atom stereocenters. The number of alkyl halides is 1.